The van der Waals surface area contributed by atoms with Gasteiger partial charge in [0.1, 0.15) is 5.82 Å². The fourth-order valence-corrected chi connectivity index (χ4v) is 3.18. The van der Waals surface area contributed by atoms with Crippen LogP contribution in [0.25, 0.3) is 16.9 Å². The third-order valence-electron chi connectivity index (χ3n) is 4.50. The van der Waals surface area contributed by atoms with Gasteiger partial charge in [-0.05, 0) is 17.0 Å². The molecule has 0 amide bonds. The third kappa shape index (κ3) is 4.51. The van der Waals surface area contributed by atoms with Crippen molar-refractivity contribution in [1.29, 1.82) is 0 Å². The molecule has 0 bridgehead atoms. The summed E-state index contributed by atoms with van der Waals surface area (Å²) in [5, 5.41) is 19.4. The Bertz CT molecular complexity index is 1290. The van der Waals surface area contributed by atoms with Crippen molar-refractivity contribution in [2.75, 3.05) is 0 Å². The first kappa shape index (κ1) is 22.3. The Labute approximate surface area is 188 Å². The quantitative estimate of drug-likeness (QED) is 0.236. The predicted molar refractivity (Wildman–Crippen MR) is 106 cm³/mol. The van der Waals surface area contributed by atoms with Crippen LogP contribution in [0.15, 0.2) is 59.2 Å². The molecule has 9 nitrogen and oxygen atoms in total. The van der Waals surface area contributed by atoms with E-state index in [1.807, 2.05) is 0 Å². The van der Waals surface area contributed by atoms with Gasteiger partial charge in [-0.3, -0.25) is 4.63 Å². The van der Waals surface area contributed by atoms with E-state index in [2.05, 4.69) is 19.9 Å². The standard InChI is InChI=1S/C20H13ClF3N5O4/c21-10-16-25-18(26-28(16)14-9-5-4-8-13(14)20(22,23)24)19(30)32-11-15-17(27-33-29(15)31)12-6-2-1-3-7-12/h1-9H,10-11H2. The van der Waals surface area contributed by atoms with E-state index in [9.17, 15) is 23.2 Å². The van der Waals surface area contributed by atoms with E-state index >= 15 is 0 Å². The second-order valence-corrected chi connectivity index (χ2v) is 6.85. The maximum atomic E-state index is 13.4. The zero-order valence-corrected chi connectivity index (χ0v) is 17.2. The largest absolute Gasteiger partial charge is 0.451 e. The highest BCUT2D eigenvalue weighted by molar-refractivity contribution is 6.16. The number of ether oxygens (including phenoxy) is 1. The first-order valence-electron chi connectivity index (χ1n) is 9.29. The number of rotatable bonds is 6. The van der Waals surface area contributed by atoms with Gasteiger partial charge in [-0.2, -0.15) is 13.2 Å². The smallest absolute Gasteiger partial charge is 0.418 e. The Morgan fingerprint density at radius 2 is 1.85 bits per heavy atom. The molecule has 0 aliphatic carbocycles. The van der Waals surface area contributed by atoms with Crippen LogP contribution in [-0.2, 0) is 23.4 Å². The van der Waals surface area contributed by atoms with Gasteiger partial charge in [-0.25, -0.2) is 14.5 Å². The van der Waals surface area contributed by atoms with Crippen molar-refractivity contribution in [3.63, 3.8) is 0 Å². The summed E-state index contributed by atoms with van der Waals surface area (Å²) in [7, 11) is 0. The van der Waals surface area contributed by atoms with Crippen molar-refractivity contribution in [1.82, 2.24) is 19.9 Å². The lowest BCUT2D eigenvalue weighted by Crippen LogP contribution is -2.29. The molecule has 0 fully saturated rings. The van der Waals surface area contributed by atoms with Gasteiger partial charge in [0, 0.05) is 10.7 Å². The van der Waals surface area contributed by atoms with Crippen LogP contribution in [0.5, 0.6) is 0 Å². The van der Waals surface area contributed by atoms with E-state index in [1.165, 1.54) is 18.2 Å². The lowest BCUT2D eigenvalue weighted by molar-refractivity contribution is -0.808. The van der Waals surface area contributed by atoms with Crippen LogP contribution in [0.2, 0.25) is 0 Å². The first-order valence-corrected chi connectivity index (χ1v) is 9.82. The molecule has 2 heterocycles. The summed E-state index contributed by atoms with van der Waals surface area (Å²) in [6.45, 7) is -0.542. The summed E-state index contributed by atoms with van der Waals surface area (Å²) in [5.74, 6) is -2.03. The summed E-state index contributed by atoms with van der Waals surface area (Å²) >= 11 is 5.81. The molecular formula is C20H13ClF3N5O4. The molecular weight excluding hydrogens is 467 g/mol. The average molecular weight is 480 g/mol. The van der Waals surface area contributed by atoms with Crippen molar-refractivity contribution in [3.8, 4) is 16.9 Å². The summed E-state index contributed by atoms with van der Waals surface area (Å²) in [6, 6.07) is 13.2. The molecule has 0 aliphatic heterocycles. The predicted octanol–water partition coefficient (Wildman–Crippen LogP) is 3.67. The zero-order chi connectivity index (χ0) is 23.6. The Balaban J connectivity index is 1.60. The third-order valence-corrected chi connectivity index (χ3v) is 4.74. The molecule has 0 saturated heterocycles. The van der Waals surface area contributed by atoms with E-state index in [-0.39, 0.29) is 33.7 Å². The number of hydrogen-bond acceptors (Lipinski definition) is 7. The number of benzene rings is 2. The van der Waals surface area contributed by atoms with Crippen LogP contribution in [0, 0.1) is 5.21 Å². The Morgan fingerprint density at radius 3 is 2.55 bits per heavy atom. The molecule has 0 aliphatic rings. The Kier molecular flexibility index (Phi) is 6.01. The Hall–Kier alpha value is -3.93. The highest BCUT2D eigenvalue weighted by Gasteiger charge is 2.35. The van der Waals surface area contributed by atoms with Gasteiger partial charge >= 0.3 is 12.1 Å². The second kappa shape index (κ2) is 8.90. The van der Waals surface area contributed by atoms with Gasteiger partial charge in [-0.1, -0.05) is 42.5 Å². The number of halogens is 4. The van der Waals surface area contributed by atoms with Gasteiger partial charge in [0.15, 0.2) is 6.61 Å². The topological polar surface area (TPSA) is 110 Å². The molecule has 170 valence electrons. The van der Waals surface area contributed by atoms with Crippen LogP contribution in [0.1, 0.15) is 27.7 Å². The number of para-hydroxylation sites is 1. The van der Waals surface area contributed by atoms with E-state index < -0.39 is 30.1 Å². The minimum atomic E-state index is -4.67. The fourth-order valence-electron chi connectivity index (χ4n) is 3.01. The number of alkyl halides is 4. The second-order valence-electron chi connectivity index (χ2n) is 6.58. The molecule has 4 aromatic rings. The minimum absolute atomic E-state index is 0.0887. The van der Waals surface area contributed by atoms with Crippen LogP contribution in [-0.4, -0.2) is 25.9 Å². The number of carbonyl (C=O) groups is 1. The van der Waals surface area contributed by atoms with Crippen LogP contribution < -0.4 is 4.90 Å². The first-order chi connectivity index (χ1) is 15.8. The summed E-state index contributed by atoms with van der Waals surface area (Å²) < 4.78 is 50.7. The number of aromatic nitrogens is 5. The van der Waals surface area contributed by atoms with Crippen molar-refractivity contribution in [2.45, 2.75) is 18.7 Å². The van der Waals surface area contributed by atoms with Crippen molar-refractivity contribution in [3.05, 3.63) is 82.7 Å². The summed E-state index contributed by atoms with van der Waals surface area (Å²) in [5.41, 5.74) is -0.704. The average Bonchev–Trinajstić information content (AvgIpc) is 3.41. The molecule has 0 unspecified atom stereocenters. The highest BCUT2D eigenvalue weighted by Crippen LogP contribution is 2.34. The lowest BCUT2D eigenvalue weighted by atomic mass is 10.1. The molecule has 0 atom stereocenters. The van der Waals surface area contributed by atoms with Crippen molar-refractivity contribution < 1.29 is 32.2 Å². The van der Waals surface area contributed by atoms with Crippen LogP contribution in [0.3, 0.4) is 0 Å². The molecule has 2 aromatic carbocycles. The number of hydrogen-bond donors (Lipinski definition) is 0. The van der Waals surface area contributed by atoms with E-state index in [1.54, 1.807) is 30.3 Å². The highest BCUT2D eigenvalue weighted by atomic mass is 35.5. The molecule has 4 rings (SSSR count). The lowest BCUT2D eigenvalue weighted by Gasteiger charge is -2.13. The van der Waals surface area contributed by atoms with Crippen LogP contribution in [0.4, 0.5) is 13.2 Å². The Morgan fingerprint density at radius 1 is 1.15 bits per heavy atom. The molecule has 0 N–H and O–H groups in total. The van der Waals surface area contributed by atoms with Crippen LogP contribution >= 0.6 is 11.6 Å². The van der Waals surface area contributed by atoms with Gasteiger partial charge in [0.05, 0.1) is 17.1 Å². The van der Waals surface area contributed by atoms with E-state index in [4.69, 9.17) is 16.3 Å². The fraction of sp³-hybridized carbons (Fsp3) is 0.150. The number of carbonyl (C=O) groups excluding carboxylic acids is 1. The minimum Gasteiger partial charge on any atom is -0.451 e. The molecule has 33 heavy (non-hydrogen) atoms. The molecule has 0 saturated carbocycles. The van der Waals surface area contributed by atoms with Gasteiger partial charge < -0.3 is 9.94 Å². The summed E-state index contributed by atoms with van der Waals surface area (Å²) in [4.78, 5) is 16.5. The van der Waals surface area contributed by atoms with Crippen molar-refractivity contribution >= 4 is 17.6 Å². The molecule has 0 radical (unpaired) electrons. The molecule has 2 aromatic heterocycles. The SMILES string of the molecule is O=C(OCc1c(-c2ccccc2)no[n+]1[O-])c1nc(CCl)n(-c2ccccc2C(F)(F)F)n1. The van der Waals surface area contributed by atoms with Crippen molar-refractivity contribution in [2.24, 2.45) is 0 Å². The van der Waals surface area contributed by atoms with Gasteiger partial charge in [0.2, 0.25) is 5.69 Å². The van der Waals surface area contributed by atoms with E-state index in [0.717, 1.165) is 10.7 Å². The van der Waals surface area contributed by atoms with Gasteiger partial charge in [0.25, 0.3) is 11.5 Å². The monoisotopic (exact) mass is 479 g/mol. The maximum absolute atomic E-state index is 13.4. The maximum Gasteiger partial charge on any atom is 0.418 e. The van der Waals surface area contributed by atoms with E-state index in [0.29, 0.717) is 5.56 Å². The molecule has 0 spiro atoms. The summed E-state index contributed by atoms with van der Waals surface area (Å²) in [6.07, 6.45) is -4.67. The van der Waals surface area contributed by atoms with Gasteiger partial charge in [-0.15, -0.1) is 16.7 Å². The number of nitrogens with zero attached hydrogens (tertiary/aromatic N) is 5. The number of esters is 1. The molecule has 13 heteroatoms. The zero-order valence-electron chi connectivity index (χ0n) is 16.5. The normalized spacial score (nSPS) is 11.5.